The van der Waals surface area contributed by atoms with Crippen molar-refractivity contribution in [2.45, 2.75) is 32.2 Å². The molecule has 0 aromatic carbocycles. The minimum atomic E-state index is 0.247. The van der Waals surface area contributed by atoms with Gasteiger partial charge in [-0.3, -0.25) is 9.78 Å². The normalized spacial score (nSPS) is 22.7. The van der Waals surface area contributed by atoms with Crippen molar-refractivity contribution in [2.75, 3.05) is 0 Å². The van der Waals surface area contributed by atoms with Gasteiger partial charge in [0.15, 0.2) is 5.82 Å². The van der Waals surface area contributed by atoms with Gasteiger partial charge < -0.3 is 11.5 Å². The van der Waals surface area contributed by atoms with E-state index in [2.05, 4.69) is 15.3 Å². The molecule has 23 heavy (non-hydrogen) atoms. The first-order chi connectivity index (χ1) is 11.0. The standard InChI is InChI=1S/C16H23N7/c1-10(17)5-15(11-3-4-13(18)6-11)21-16-14(8-19-22-16)12-7-20-23(2)9-12/h5,7-9,11,13H,3-4,6,17-18H2,1-2H3,(H,19,22)/b10-5+,21-15+/t11-,13-/m1/s1. The van der Waals surface area contributed by atoms with Crippen LogP contribution in [0.25, 0.3) is 11.1 Å². The van der Waals surface area contributed by atoms with E-state index in [4.69, 9.17) is 16.5 Å². The molecule has 1 aliphatic rings. The summed E-state index contributed by atoms with van der Waals surface area (Å²) in [6, 6.07) is 0.247. The number of hydrogen-bond acceptors (Lipinski definition) is 5. The van der Waals surface area contributed by atoms with E-state index in [-0.39, 0.29) is 6.04 Å². The molecule has 1 saturated carbocycles. The lowest BCUT2D eigenvalue weighted by molar-refractivity contribution is 0.677. The second-order valence-electron chi connectivity index (χ2n) is 6.23. The zero-order valence-electron chi connectivity index (χ0n) is 13.5. The van der Waals surface area contributed by atoms with Crippen LogP contribution in [0.5, 0.6) is 0 Å². The summed E-state index contributed by atoms with van der Waals surface area (Å²) >= 11 is 0. The maximum Gasteiger partial charge on any atom is 0.156 e. The predicted molar refractivity (Wildman–Crippen MR) is 91.1 cm³/mol. The maximum atomic E-state index is 6.05. The number of aryl methyl sites for hydroxylation is 1. The SMILES string of the molecule is C/C(N)=C\C(=N/c1[nH]ncc1-c1cnn(C)c1)[C@@H]1CC[C@@H](N)C1. The summed E-state index contributed by atoms with van der Waals surface area (Å²) < 4.78 is 1.76. The van der Waals surface area contributed by atoms with Crippen LogP contribution in [0.1, 0.15) is 26.2 Å². The number of nitrogens with two attached hydrogens (primary N) is 2. The molecule has 0 saturated heterocycles. The summed E-state index contributed by atoms with van der Waals surface area (Å²) in [4.78, 5) is 4.81. The molecule has 0 aliphatic heterocycles. The van der Waals surface area contributed by atoms with Gasteiger partial charge in [-0.2, -0.15) is 10.2 Å². The average molecular weight is 313 g/mol. The van der Waals surface area contributed by atoms with E-state index >= 15 is 0 Å². The number of rotatable bonds is 4. The number of aliphatic imine (C=N–C) groups is 1. The number of allylic oxidation sites excluding steroid dienone is 2. The molecule has 5 N–H and O–H groups in total. The van der Waals surface area contributed by atoms with E-state index in [0.717, 1.165) is 47.6 Å². The number of aromatic amines is 1. The Balaban J connectivity index is 1.97. The minimum Gasteiger partial charge on any atom is -0.402 e. The number of H-pyrrole nitrogens is 1. The highest BCUT2D eigenvalue weighted by Gasteiger charge is 2.25. The van der Waals surface area contributed by atoms with Crippen LogP contribution in [0.3, 0.4) is 0 Å². The van der Waals surface area contributed by atoms with E-state index in [1.54, 1.807) is 17.1 Å². The molecule has 122 valence electrons. The van der Waals surface area contributed by atoms with Crippen LogP contribution in [-0.2, 0) is 7.05 Å². The summed E-state index contributed by atoms with van der Waals surface area (Å²) in [7, 11) is 1.89. The Morgan fingerprint density at radius 2 is 2.26 bits per heavy atom. The molecule has 3 rings (SSSR count). The van der Waals surface area contributed by atoms with Crippen LogP contribution in [0.15, 0.2) is 35.4 Å². The molecule has 1 aliphatic carbocycles. The van der Waals surface area contributed by atoms with Gasteiger partial charge in [-0.1, -0.05) is 0 Å². The Hall–Kier alpha value is -2.41. The predicted octanol–water partition coefficient (Wildman–Crippen LogP) is 1.87. The molecule has 0 bridgehead atoms. The summed E-state index contributed by atoms with van der Waals surface area (Å²) in [5.41, 5.74) is 15.6. The fourth-order valence-electron chi connectivity index (χ4n) is 3.02. The third-order valence-corrected chi connectivity index (χ3v) is 4.14. The quantitative estimate of drug-likeness (QED) is 0.748. The molecule has 0 radical (unpaired) electrons. The minimum absolute atomic E-state index is 0.247. The van der Waals surface area contributed by atoms with Crippen LogP contribution < -0.4 is 11.5 Å². The lowest BCUT2D eigenvalue weighted by Crippen LogP contribution is -2.17. The molecule has 7 heteroatoms. The molecule has 0 amide bonds. The highest BCUT2D eigenvalue weighted by molar-refractivity contribution is 5.99. The summed E-state index contributed by atoms with van der Waals surface area (Å²) in [5.74, 6) is 1.07. The number of nitrogens with one attached hydrogen (secondary N) is 1. The van der Waals surface area contributed by atoms with Crippen molar-refractivity contribution in [1.82, 2.24) is 20.0 Å². The van der Waals surface area contributed by atoms with E-state index in [1.807, 2.05) is 26.2 Å². The molecular weight excluding hydrogens is 290 g/mol. The third-order valence-electron chi connectivity index (χ3n) is 4.14. The van der Waals surface area contributed by atoms with Gasteiger partial charge in [0.25, 0.3) is 0 Å². The monoisotopic (exact) mass is 313 g/mol. The number of aromatic nitrogens is 4. The summed E-state index contributed by atoms with van der Waals surface area (Å²) in [6.45, 7) is 1.87. The first-order valence-electron chi connectivity index (χ1n) is 7.83. The van der Waals surface area contributed by atoms with Crippen LogP contribution in [0.4, 0.5) is 5.82 Å². The van der Waals surface area contributed by atoms with Crippen molar-refractivity contribution in [3.8, 4) is 11.1 Å². The van der Waals surface area contributed by atoms with E-state index in [1.165, 1.54) is 0 Å². The van der Waals surface area contributed by atoms with Crippen LogP contribution in [0.2, 0.25) is 0 Å². The third kappa shape index (κ3) is 3.50. The van der Waals surface area contributed by atoms with Crippen molar-refractivity contribution < 1.29 is 0 Å². The Bertz CT molecular complexity index is 733. The zero-order valence-corrected chi connectivity index (χ0v) is 13.5. The number of hydrogen-bond donors (Lipinski definition) is 3. The van der Waals surface area contributed by atoms with E-state index < -0.39 is 0 Å². The maximum absolute atomic E-state index is 6.05. The van der Waals surface area contributed by atoms with Gasteiger partial charge in [0.05, 0.1) is 12.4 Å². The van der Waals surface area contributed by atoms with Crippen LogP contribution >= 0.6 is 0 Å². The van der Waals surface area contributed by atoms with Crippen molar-refractivity contribution in [3.63, 3.8) is 0 Å². The highest BCUT2D eigenvalue weighted by Crippen LogP contribution is 2.31. The molecule has 0 unspecified atom stereocenters. The Morgan fingerprint density at radius 3 is 2.87 bits per heavy atom. The Labute approximate surface area is 135 Å². The smallest absolute Gasteiger partial charge is 0.156 e. The molecular formula is C16H23N7. The van der Waals surface area contributed by atoms with Gasteiger partial charge in [-0.05, 0) is 32.3 Å². The van der Waals surface area contributed by atoms with Crippen molar-refractivity contribution in [1.29, 1.82) is 0 Å². The second kappa shape index (κ2) is 6.37. The molecule has 0 spiro atoms. The molecule has 2 aromatic heterocycles. The first kappa shape index (κ1) is 15.5. The van der Waals surface area contributed by atoms with Crippen LogP contribution in [-0.4, -0.2) is 31.7 Å². The topological polar surface area (TPSA) is 111 Å². The van der Waals surface area contributed by atoms with Crippen molar-refractivity contribution in [3.05, 3.63) is 30.4 Å². The molecule has 7 nitrogen and oxygen atoms in total. The first-order valence-corrected chi connectivity index (χ1v) is 7.83. The zero-order chi connectivity index (χ0) is 16.4. The van der Waals surface area contributed by atoms with Gasteiger partial charge in [0.2, 0.25) is 0 Å². The van der Waals surface area contributed by atoms with Gasteiger partial charge in [0, 0.05) is 47.7 Å². The highest BCUT2D eigenvalue weighted by atomic mass is 15.2. The Morgan fingerprint density at radius 1 is 1.43 bits per heavy atom. The van der Waals surface area contributed by atoms with Gasteiger partial charge in [-0.15, -0.1) is 0 Å². The second-order valence-corrected chi connectivity index (χ2v) is 6.23. The number of nitrogens with zero attached hydrogens (tertiary/aromatic N) is 4. The van der Waals surface area contributed by atoms with Crippen molar-refractivity contribution in [2.24, 2.45) is 29.4 Å². The fraction of sp³-hybridized carbons (Fsp3) is 0.438. The Kier molecular flexibility index (Phi) is 4.29. The van der Waals surface area contributed by atoms with Crippen LogP contribution in [0, 0.1) is 5.92 Å². The van der Waals surface area contributed by atoms with Crippen molar-refractivity contribution >= 4 is 11.5 Å². The van der Waals surface area contributed by atoms with E-state index in [9.17, 15) is 0 Å². The fourth-order valence-corrected chi connectivity index (χ4v) is 3.02. The summed E-state index contributed by atoms with van der Waals surface area (Å²) in [6.07, 6.45) is 10.5. The van der Waals surface area contributed by atoms with Gasteiger partial charge >= 0.3 is 0 Å². The van der Waals surface area contributed by atoms with Gasteiger partial charge in [-0.25, -0.2) is 4.99 Å². The molecule has 2 atom stereocenters. The summed E-state index contributed by atoms with van der Waals surface area (Å²) in [5, 5.41) is 11.3. The molecule has 1 fully saturated rings. The average Bonchev–Trinajstić information content (AvgIpc) is 3.18. The lowest BCUT2D eigenvalue weighted by Gasteiger charge is -2.11. The van der Waals surface area contributed by atoms with Gasteiger partial charge in [0.1, 0.15) is 0 Å². The molecule has 2 aromatic rings. The molecule has 2 heterocycles. The lowest BCUT2D eigenvalue weighted by atomic mass is 10.00. The van der Waals surface area contributed by atoms with E-state index in [0.29, 0.717) is 5.92 Å². The largest absolute Gasteiger partial charge is 0.402 e.